The first kappa shape index (κ1) is 17.0. The lowest BCUT2D eigenvalue weighted by Crippen LogP contribution is -2.13. The average molecular weight is 356 g/mol. The van der Waals surface area contributed by atoms with E-state index in [1.165, 1.54) is 11.1 Å². The largest absolute Gasteiger partial charge is 0.325 e. The number of benzene rings is 2. The molecule has 4 rings (SSSR count). The lowest BCUT2D eigenvalue weighted by molar-refractivity contribution is 1.14. The molecule has 0 fully saturated rings. The molecule has 2 aromatic heterocycles. The Morgan fingerprint density at radius 2 is 1.67 bits per heavy atom. The molecule has 2 aromatic carbocycles. The summed E-state index contributed by atoms with van der Waals surface area (Å²) in [7, 11) is 0. The summed E-state index contributed by atoms with van der Waals surface area (Å²) in [6.07, 6.45) is 1.69. The van der Waals surface area contributed by atoms with Gasteiger partial charge in [0.25, 0.3) is 5.56 Å². The smallest absolute Gasteiger partial charge is 0.262 e. The number of hydrogen-bond donors (Lipinski definition) is 2. The standard InChI is InChI=1S/C22H20N4O/c1-13-4-7-16(8-5-13)17-10-11-23-20-19(17)21(27)26-22(25-20)24-18-9-6-14(2)12-15(18)3/h4-12H,1-3H3,(H2,23,24,25,26,27). The summed E-state index contributed by atoms with van der Waals surface area (Å²) in [6.45, 7) is 6.10. The molecule has 0 aliphatic rings. The number of pyridine rings is 1. The van der Waals surface area contributed by atoms with E-state index < -0.39 is 0 Å². The van der Waals surface area contributed by atoms with Crippen molar-refractivity contribution in [2.24, 2.45) is 0 Å². The number of rotatable bonds is 3. The molecule has 134 valence electrons. The Bertz CT molecular complexity index is 1190. The Hall–Kier alpha value is -3.47. The minimum absolute atomic E-state index is 0.212. The normalized spacial score (nSPS) is 10.9. The SMILES string of the molecule is Cc1ccc(-c2ccnc3nc(Nc4ccc(C)cc4C)[nH]c(=O)c23)cc1. The van der Waals surface area contributed by atoms with Crippen LogP contribution in [0.15, 0.2) is 59.5 Å². The predicted molar refractivity (Wildman–Crippen MR) is 110 cm³/mol. The maximum atomic E-state index is 12.8. The summed E-state index contributed by atoms with van der Waals surface area (Å²) in [6, 6.07) is 16.0. The van der Waals surface area contributed by atoms with Crippen LogP contribution in [-0.2, 0) is 0 Å². The van der Waals surface area contributed by atoms with Crippen molar-refractivity contribution < 1.29 is 0 Å². The van der Waals surface area contributed by atoms with Gasteiger partial charge in [-0.2, -0.15) is 4.98 Å². The van der Waals surface area contributed by atoms with Crippen LogP contribution >= 0.6 is 0 Å². The van der Waals surface area contributed by atoms with Crippen molar-refractivity contribution in [3.05, 3.63) is 81.8 Å². The Labute approximate surface area is 157 Å². The molecular weight excluding hydrogens is 336 g/mol. The molecule has 0 unspecified atom stereocenters. The topological polar surface area (TPSA) is 70.7 Å². The number of fused-ring (bicyclic) bond motifs is 1. The molecule has 0 saturated carbocycles. The van der Waals surface area contributed by atoms with Gasteiger partial charge in [0, 0.05) is 11.9 Å². The highest BCUT2D eigenvalue weighted by Gasteiger charge is 2.12. The molecule has 2 heterocycles. The van der Waals surface area contributed by atoms with E-state index in [4.69, 9.17) is 0 Å². The molecule has 0 radical (unpaired) electrons. The van der Waals surface area contributed by atoms with Gasteiger partial charge in [0.05, 0.1) is 5.39 Å². The zero-order chi connectivity index (χ0) is 19.0. The summed E-state index contributed by atoms with van der Waals surface area (Å²) < 4.78 is 0. The van der Waals surface area contributed by atoms with Gasteiger partial charge in [0.1, 0.15) is 0 Å². The summed E-state index contributed by atoms with van der Waals surface area (Å²) in [5.74, 6) is 0.382. The number of H-pyrrole nitrogens is 1. The molecule has 4 aromatic rings. The summed E-state index contributed by atoms with van der Waals surface area (Å²) in [5.41, 5.74) is 6.34. The van der Waals surface area contributed by atoms with E-state index in [1.54, 1.807) is 6.20 Å². The fourth-order valence-electron chi connectivity index (χ4n) is 3.18. The Morgan fingerprint density at radius 1 is 0.926 bits per heavy atom. The van der Waals surface area contributed by atoms with E-state index in [0.29, 0.717) is 17.0 Å². The Kier molecular flexibility index (Phi) is 4.20. The van der Waals surface area contributed by atoms with E-state index in [2.05, 4.69) is 26.3 Å². The van der Waals surface area contributed by atoms with E-state index in [0.717, 1.165) is 22.4 Å². The van der Waals surface area contributed by atoms with Crippen LogP contribution in [0.1, 0.15) is 16.7 Å². The monoisotopic (exact) mass is 356 g/mol. The molecule has 0 aliphatic heterocycles. The highest BCUT2D eigenvalue weighted by molar-refractivity contribution is 5.92. The lowest BCUT2D eigenvalue weighted by atomic mass is 10.0. The van der Waals surface area contributed by atoms with Gasteiger partial charge < -0.3 is 5.32 Å². The molecule has 0 saturated heterocycles. The molecule has 0 aliphatic carbocycles. The second-order valence-electron chi connectivity index (χ2n) is 6.78. The van der Waals surface area contributed by atoms with Gasteiger partial charge in [0.15, 0.2) is 5.65 Å². The van der Waals surface area contributed by atoms with Crippen LogP contribution in [0, 0.1) is 20.8 Å². The van der Waals surface area contributed by atoms with Crippen LogP contribution in [0.4, 0.5) is 11.6 Å². The molecule has 2 N–H and O–H groups in total. The molecule has 27 heavy (non-hydrogen) atoms. The molecule has 0 atom stereocenters. The Balaban J connectivity index is 1.81. The van der Waals surface area contributed by atoms with Crippen LogP contribution in [0.25, 0.3) is 22.2 Å². The van der Waals surface area contributed by atoms with E-state index in [1.807, 2.05) is 63.2 Å². The van der Waals surface area contributed by atoms with Gasteiger partial charge in [-0.15, -0.1) is 0 Å². The van der Waals surface area contributed by atoms with E-state index >= 15 is 0 Å². The van der Waals surface area contributed by atoms with Gasteiger partial charge in [-0.25, -0.2) is 4.98 Å². The molecule has 5 nitrogen and oxygen atoms in total. The van der Waals surface area contributed by atoms with Crippen molar-refractivity contribution in [2.45, 2.75) is 20.8 Å². The third-order valence-electron chi connectivity index (χ3n) is 4.61. The number of nitrogens with one attached hydrogen (secondary N) is 2. The van der Waals surface area contributed by atoms with Gasteiger partial charge in [-0.1, -0.05) is 47.5 Å². The minimum atomic E-state index is -0.212. The number of aromatic amines is 1. The quantitative estimate of drug-likeness (QED) is 0.560. The zero-order valence-corrected chi connectivity index (χ0v) is 15.5. The summed E-state index contributed by atoms with van der Waals surface area (Å²) >= 11 is 0. The third kappa shape index (κ3) is 3.31. The highest BCUT2D eigenvalue weighted by atomic mass is 16.1. The van der Waals surface area contributed by atoms with Crippen molar-refractivity contribution in [1.82, 2.24) is 15.0 Å². The second-order valence-corrected chi connectivity index (χ2v) is 6.78. The maximum absolute atomic E-state index is 12.8. The first-order valence-corrected chi connectivity index (χ1v) is 8.81. The summed E-state index contributed by atoms with van der Waals surface area (Å²) in [5, 5.41) is 3.69. The predicted octanol–water partition coefficient (Wildman–Crippen LogP) is 4.65. The van der Waals surface area contributed by atoms with Crippen molar-refractivity contribution >= 4 is 22.7 Å². The van der Waals surface area contributed by atoms with Crippen LogP contribution in [0.3, 0.4) is 0 Å². The lowest BCUT2D eigenvalue weighted by Gasteiger charge is -2.11. The first-order valence-electron chi connectivity index (χ1n) is 8.81. The van der Waals surface area contributed by atoms with Crippen LogP contribution < -0.4 is 10.9 Å². The maximum Gasteiger partial charge on any atom is 0.262 e. The van der Waals surface area contributed by atoms with Crippen LogP contribution in [-0.4, -0.2) is 15.0 Å². The third-order valence-corrected chi connectivity index (χ3v) is 4.61. The van der Waals surface area contributed by atoms with Crippen molar-refractivity contribution in [3.63, 3.8) is 0 Å². The molecular formula is C22H20N4O. The fourth-order valence-corrected chi connectivity index (χ4v) is 3.18. The first-order chi connectivity index (χ1) is 13.0. The zero-order valence-electron chi connectivity index (χ0n) is 15.5. The van der Waals surface area contributed by atoms with Gasteiger partial charge >= 0.3 is 0 Å². The molecule has 0 bridgehead atoms. The number of anilines is 2. The number of nitrogens with zero attached hydrogens (tertiary/aromatic N) is 2. The number of aryl methyl sites for hydroxylation is 3. The minimum Gasteiger partial charge on any atom is -0.325 e. The fraction of sp³-hybridized carbons (Fsp3) is 0.136. The molecule has 0 amide bonds. The number of aromatic nitrogens is 3. The summed E-state index contributed by atoms with van der Waals surface area (Å²) in [4.78, 5) is 24.5. The van der Waals surface area contributed by atoms with Crippen molar-refractivity contribution in [2.75, 3.05) is 5.32 Å². The van der Waals surface area contributed by atoms with Gasteiger partial charge in [-0.3, -0.25) is 9.78 Å². The Morgan fingerprint density at radius 3 is 2.41 bits per heavy atom. The molecule has 5 heteroatoms. The second kappa shape index (κ2) is 6.68. The van der Waals surface area contributed by atoms with Gasteiger partial charge in [-0.05, 0) is 49.6 Å². The van der Waals surface area contributed by atoms with Crippen LogP contribution in [0.5, 0.6) is 0 Å². The van der Waals surface area contributed by atoms with E-state index in [-0.39, 0.29) is 5.56 Å². The van der Waals surface area contributed by atoms with Crippen molar-refractivity contribution in [3.8, 4) is 11.1 Å². The highest BCUT2D eigenvalue weighted by Crippen LogP contribution is 2.26. The van der Waals surface area contributed by atoms with E-state index in [9.17, 15) is 4.79 Å². The van der Waals surface area contributed by atoms with Crippen molar-refractivity contribution in [1.29, 1.82) is 0 Å². The average Bonchev–Trinajstić information content (AvgIpc) is 2.64. The van der Waals surface area contributed by atoms with Crippen LogP contribution in [0.2, 0.25) is 0 Å². The van der Waals surface area contributed by atoms with Gasteiger partial charge in [0.2, 0.25) is 5.95 Å². The number of hydrogen-bond acceptors (Lipinski definition) is 4. The molecule has 0 spiro atoms.